The van der Waals surface area contributed by atoms with E-state index in [1.165, 1.54) is 18.2 Å². The molecular formula is C16H12O4. The summed E-state index contributed by atoms with van der Waals surface area (Å²) in [6, 6.07) is 12.7. The molecule has 0 aliphatic rings. The predicted molar refractivity (Wildman–Crippen MR) is 73.8 cm³/mol. The fourth-order valence-corrected chi connectivity index (χ4v) is 1.67. The number of phenols is 1. The molecule has 20 heavy (non-hydrogen) atoms. The average Bonchev–Trinajstić information content (AvgIpc) is 2.47. The molecule has 2 aromatic carbocycles. The van der Waals surface area contributed by atoms with E-state index < -0.39 is 5.97 Å². The van der Waals surface area contributed by atoms with Gasteiger partial charge in [-0.3, -0.25) is 4.79 Å². The highest BCUT2D eigenvalue weighted by Crippen LogP contribution is 2.26. The summed E-state index contributed by atoms with van der Waals surface area (Å²) in [7, 11) is 0. The van der Waals surface area contributed by atoms with E-state index in [0.717, 1.165) is 6.08 Å². The molecule has 0 atom stereocenters. The van der Waals surface area contributed by atoms with E-state index >= 15 is 0 Å². The van der Waals surface area contributed by atoms with Crippen LogP contribution in [-0.2, 0) is 4.79 Å². The smallest absolute Gasteiger partial charge is 0.335 e. The monoisotopic (exact) mass is 268 g/mol. The van der Waals surface area contributed by atoms with Gasteiger partial charge >= 0.3 is 5.97 Å². The molecule has 1 N–H and O–H groups in total. The van der Waals surface area contributed by atoms with Crippen LogP contribution in [-0.4, -0.2) is 16.9 Å². The number of hydrogen-bond acceptors (Lipinski definition) is 4. The zero-order valence-corrected chi connectivity index (χ0v) is 10.6. The first-order valence-electron chi connectivity index (χ1n) is 5.89. The maximum Gasteiger partial charge on any atom is 0.335 e. The number of carbonyl (C=O) groups excluding carboxylic acids is 2. The number of benzene rings is 2. The van der Waals surface area contributed by atoms with Crippen LogP contribution in [0.25, 0.3) is 0 Å². The van der Waals surface area contributed by atoms with Gasteiger partial charge in [0.1, 0.15) is 11.5 Å². The molecule has 0 saturated carbocycles. The van der Waals surface area contributed by atoms with Gasteiger partial charge in [-0.2, -0.15) is 0 Å². The third-order valence-electron chi connectivity index (χ3n) is 2.63. The van der Waals surface area contributed by atoms with E-state index in [-0.39, 0.29) is 22.8 Å². The quantitative estimate of drug-likeness (QED) is 0.401. The van der Waals surface area contributed by atoms with Gasteiger partial charge in [0.15, 0.2) is 5.78 Å². The number of hydrogen-bond donors (Lipinski definition) is 1. The van der Waals surface area contributed by atoms with Crippen LogP contribution in [0.2, 0.25) is 0 Å². The second-order valence-corrected chi connectivity index (χ2v) is 4.00. The molecule has 0 saturated heterocycles. The zero-order chi connectivity index (χ0) is 14.5. The summed E-state index contributed by atoms with van der Waals surface area (Å²) in [6.45, 7) is 3.27. The fourth-order valence-electron chi connectivity index (χ4n) is 1.67. The van der Waals surface area contributed by atoms with Crippen molar-refractivity contribution in [1.82, 2.24) is 0 Å². The van der Waals surface area contributed by atoms with Crippen LogP contribution >= 0.6 is 0 Å². The van der Waals surface area contributed by atoms with Crippen LogP contribution in [0, 0.1) is 0 Å². The first-order valence-corrected chi connectivity index (χ1v) is 5.89. The molecule has 0 bridgehead atoms. The summed E-state index contributed by atoms with van der Waals surface area (Å²) in [5.74, 6) is -1.03. The lowest BCUT2D eigenvalue weighted by Gasteiger charge is -2.06. The average molecular weight is 268 g/mol. The Hall–Kier alpha value is -2.88. The largest absolute Gasteiger partial charge is 0.507 e. The molecule has 0 amide bonds. The van der Waals surface area contributed by atoms with E-state index in [0.29, 0.717) is 5.56 Å². The number of esters is 1. The minimum atomic E-state index is -0.633. The van der Waals surface area contributed by atoms with Crippen molar-refractivity contribution < 1.29 is 19.4 Å². The van der Waals surface area contributed by atoms with Gasteiger partial charge in [0, 0.05) is 17.7 Å². The van der Waals surface area contributed by atoms with Gasteiger partial charge in [-0.25, -0.2) is 4.79 Å². The van der Waals surface area contributed by atoms with Crippen LogP contribution in [0.1, 0.15) is 15.9 Å². The summed E-state index contributed by atoms with van der Waals surface area (Å²) in [5.41, 5.74) is 0.619. The third kappa shape index (κ3) is 2.92. The maximum absolute atomic E-state index is 12.2. The molecular weight excluding hydrogens is 256 g/mol. The van der Waals surface area contributed by atoms with Crippen molar-refractivity contribution in [2.75, 3.05) is 0 Å². The maximum atomic E-state index is 12.2. The zero-order valence-electron chi connectivity index (χ0n) is 10.6. The highest BCUT2D eigenvalue weighted by atomic mass is 16.5. The van der Waals surface area contributed by atoms with Gasteiger partial charge < -0.3 is 9.84 Å². The SMILES string of the molecule is C=CC(=O)Oc1ccc(C(=O)c2ccccc2)c(O)c1. The number of phenolic OH excluding ortho intramolecular Hbond substituents is 1. The molecule has 0 unspecified atom stereocenters. The minimum Gasteiger partial charge on any atom is -0.507 e. The number of carbonyl (C=O) groups is 2. The summed E-state index contributed by atoms with van der Waals surface area (Å²) in [5, 5.41) is 9.87. The lowest BCUT2D eigenvalue weighted by Crippen LogP contribution is -2.05. The molecule has 0 spiro atoms. The molecule has 0 aromatic heterocycles. The Morgan fingerprint density at radius 3 is 2.40 bits per heavy atom. The van der Waals surface area contributed by atoms with E-state index in [9.17, 15) is 14.7 Å². The minimum absolute atomic E-state index is 0.148. The van der Waals surface area contributed by atoms with Crippen molar-refractivity contribution in [3.05, 3.63) is 72.3 Å². The Bertz CT molecular complexity index is 659. The van der Waals surface area contributed by atoms with E-state index in [2.05, 4.69) is 6.58 Å². The summed E-state index contributed by atoms with van der Waals surface area (Å²) < 4.78 is 4.86. The number of ketones is 1. The Morgan fingerprint density at radius 1 is 1.10 bits per heavy atom. The van der Waals surface area contributed by atoms with Crippen molar-refractivity contribution in [3.63, 3.8) is 0 Å². The highest BCUT2D eigenvalue weighted by Gasteiger charge is 2.14. The van der Waals surface area contributed by atoms with Crippen LogP contribution in [0.5, 0.6) is 11.5 Å². The van der Waals surface area contributed by atoms with Crippen LogP contribution < -0.4 is 4.74 Å². The second kappa shape index (κ2) is 5.84. The molecule has 2 aromatic rings. The molecule has 4 heteroatoms. The summed E-state index contributed by atoms with van der Waals surface area (Å²) >= 11 is 0. The van der Waals surface area contributed by atoms with E-state index in [1.807, 2.05) is 0 Å². The Morgan fingerprint density at radius 2 is 1.80 bits per heavy atom. The van der Waals surface area contributed by atoms with Crippen LogP contribution in [0.15, 0.2) is 61.2 Å². The van der Waals surface area contributed by atoms with Crippen LogP contribution in [0.4, 0.5) is 0 Å². The van der Waals surface area contributed by atoms with Gasteiger partial charge in [0.25, 0.3) is 0 Å². The van der Waals surface area contributed by atoms with Gasteiger partial charge in [0.05, 0.1) is 5.56 Å². The normalized spacial score (nSPS) is 9.80. The standard InChI is InChI=1S/C16H12O4/c1-2-15(18)20-12-8-9-13(14(17)10-12)16(19)11-6-4-3-5-7-11/h2-10,17H,1H2. The fraction of sp³-hybridized carbons (Fsp3) is 0. The lowest BCUT2D eigenvalue weighted by atomic mass is 10.0. The first kappa shape index (κ1) is 13.5. The predicted octanol–water partition coefficient (Wildman–Crippen LogP) is 2.71. The molecule has 0 aliphatic carbocycles. The van der Waals surface area contributed by atoms with Crippen molar-refractivity contribution in [1.29, 1.82) is 0 Å². The Kier molecular flexibility index (Phi) is 3.96. The van der Waals surface area contributed by atoms with Gasteiger partial charge in [-0.1, -0.05) is 36.9 Å². The van der Waals surface area contributed by atoms with Crippen molar-refractivity contribution in [2.24, 2.45) is 0 Å². The Labute approximate surface area is 115 Å². The molecule has 0 fully saturated rings. The van der Waals surface area contributed by atoms with E-state index in [1.54, 1.807) is 30.3 Å². The van der Waals surface area contributed by atoms with Crippen molar-refractivity contribution in [2.45, 2.75) is 0 Å². The lowest BCUT2D eigenvalue weighted by molar-refractivity contribution is -0.128. The highest BCUT2D eigenvalue weighted by molar-refractivity contribution is 6.10. The van der Waals surface area contributed by atoms with Gasteiger partial charge in [-0.15, -0.1) is 0 Å². The topological polar surface area (TPSA) is 63.6 Å². The molecule has 0 aliphatic heterocycles. The summed E-state index contributed by atoms with van der Waals surface area (Å²) in [6.07, 6.45) is 1.01. The molecule has 0 heterocycles. The molecule has 4 nitrogen and oxygen atoms in total. The van der Waals surface area contributed by atoms with Crippen molar-refractivity contribution >= 4 is 11.8 Å². The Balaban J connectivity index is 2.28. The first-order chi connectivity index (χ1) is 9.61. The summed E-state index contributed by atoms with van der Waals surface area (Å²) in [4.78, 5) is 23.2. The van der Waals surface area contributed by atoms with Crippen LogP contribution in [0.3, 0.4) is 0 Å². The van der Waals surface area contributed by atoms with Gasteiger partial charge in [0.2, 0.25) is 0 Å². The molecule has 0 radical (unpaired) electrons. The molecule has 2 rings (SSSR count). The second-order valence-electron chi connectivity index (χ2n) is 4.00. The van der Waals surface area contributed by atoms with E-state index in [4.69, 9.17) is 4.74 Å². The van der Waals surface area contributed by atoms with Crippen molar-refractivity contribution in [3.8, 4) is 11.5 Å². The number of ether oxygens (including phenoxy) is 1. The number of rotatable bonds is 4. The third-order valence-corrected chi connectivity index (χ3v) is 2.63. The van der Waals surface area contributed by atoms with Gasteiger partial charge in [-0.05, 0) is 12.1 Å². The molecule has 100 valence electrons. The number of aromatic hydroxyl groups is 1.